The molecule has 35 heavy (non-hydrogen) atoms. The maximum atomic E-state index is 14.1. The van der Waals surface area contributed by atoms with Crippen LogP contribution in [0.5, 0.6) is 5.75 Å². The Hall–Kier alpha value is -3.88. The van der Waals surface area contributed by atoms with Gasteiger partial charge in [0.05, 0.1) is 12.8 Å². The molecule has 1 N–H and O–H groups in total. The minimum absolute atomic E-state index is 0.146. The quantitative estimate of drug-likeness (QED) is 0.533. The number of urea groups is 1. The average molecular weight is 483 g/mol. The van der Waals surface area contributed by atoms with Crippen molar-refractivity contribution in [3.05, 3.63) is 83.7 Å². The van der Waals surface area contributed by atoms with E-state index in [-0.39, 0.29) is 24.2 Å². The van der Waals surface area contributed by atoms with E-state index in [1.807, 2.05) is 49.5 Å². The molecule has 1 aliphatic rings. The number of aromatic nitrogens is 1. The van der Waals surface area contributed by atoms with E-state index >= 15 is 0 Å². The molecule has 0 fully saturated rings. The molecule has 2 heterocycles. The average Bonchev–Trinajstić information content (AvgIpc) is 3.33. The number of methoxy groups -OCH3 is 1. The fraction of sp³-hybridized carbons (Fsp3) is 0.308. The lowest BCUT2D eigenvalue weighted by molar-refractivity contribution is -0.134. The lowest BCUT2D eigenvalue weighted by atomic mass is 9.98. The first-order chi connectivity index (χ1) is 16.9. The van der Waals surface area contributed by atoms with Crippen LogP contribution in [0.4, 0.5) is 19.3 Å². The molecule has 2 aromatic carbocycles. The molecular formula is C26H28F2N4O3. The summed E-state index contributed by atoms with van der Waals surface area (Å²) in [5.74, 6) is -1.19. The highest BCUT2D eigenvalue weighted by molar-refractivity contribution is 5.92. The lowest BCUT2D eigenvalue weighted by Gasteiger charge is -2.38. The third kappa shape index (κ3) is 5.13. The Morgan fingerprint density at radius 2 is 1.91 bits per heavy atom. The van der Waals surface area contributed by atoms with Crippen LogP contribution in [-0.2, 0) is 11.3 Å². The molecular weight excluding hydrogens is 454 g/mol. The van der Waals surface area contributed by atoms with Crippen LogP contribution in [0, 0.1) is 11.6 Å². The van der Waals surface area contributed by atoms with Crippen LogP contribution in [0.1, 0.15) is 30.6 Å². The SMILES string of the molecule is CCCN(CC(=O)N1CCn2cccc2C1c1ccccc1OC)C(=O)Nc1ccc(F)cc1F. The Balaban J connectivity index is 1.58. The number of fused-ring (bicyclic) bond motifs is 1. The molecule has 0 aliphatic carbocycles. The van der Waals surface area contributed by atoms with Gasteiger partial charge in [-0.25, -0.2) is 13.6 Å². The van der Waals surface area contributed by atoms with Crippen LogP contribution < -0.4 is 10.1 Å². The third-order valence-electron chi connectivity index (χ3n) is 6.07. The minimum atomic E-state index is -0.880. The molecule has 0 saturated heterocycles. The van der Waals surface area contributed by atoms with Gasteiger partial charge in [-0.15, -0.1) is 0 Å². The van der Waals surface area contributed by atoms with E-state index in [4.69, 9.17) is 4.74 Å². The second kappa shape index (κ2) is 10.6. The molecule has 0 bridgehead atoms. The van der Waals surface area contributed by atoms with Gasteiger partial charge < -0.3 is 24.4 Å². The summed E-state index contributed by atoms with van der Waals surface area (Å²) in [6, 6.07) is 13.4. The van der Waals surface area contributed by atoms with E-state index in [9.17, 15) is 18.4 Å². The van der Waals surface area contributed by atoms with Gasteiger partial charge in [0, 0.05) is 43.2 Å². The number of rotatable bonds is 7. The largest absolute Gasteiger partial charge is 0.496 e. The molecule has 7 nitrogen and oxygen atoms in total. The van der Waals surface area contributed by atoms with Crippen molar-refractivity contribution < 1.29 is 23.1 Å². The summed E-state index contributed by atoms with van der Waals surface area (Å²) in [5, 5.41) is 2.45. The lowest BCUT2D eigenvalue weighted by Crippen LogP contribution is -2.49. The van der Waals surface area contributed by atoms with Gasteiger partial charge >= 0.3 is 6.03 Å². The first-order valence-electron chi connectivity index (χ1n) is 11.5. The van der Waals surface area contributed by atoms with Crippen molar-refractivity contribution in [3.63, 3.8) is 0 Å². The molecule has 0 saturated carbocycles. The monoisotopic (exact) mass is 482 g/mol. The number of halogens is 2. The fourth-order valence-corrected chi connectivity index (χ4v) is 4.43. The van der Waals surface area contributed by atoms with Crippen molar-refractivity contribution in [3.8, 4) is 5.75 Å². The molecule has 0 spiro atoms. The summed E-state index contributed by atoms with van der Waals surface area (Å²) in [6.07, 6.45) is 2.58. The van der Waals surface area contributed by atoms with Crippen LogP contribution in [-0.4, -0.2) is 53.0 Å². The standard InChI is InChI=1S/C26H28F2N4O3/c1-3-12-31(26(34)29-21-11-10-18(27)16-20(21)28)17-24(33)32-15-14-30-13-6-8-22(30)25(32)19-7-4-5-9-23(19)35-2/h4-11,13,16,25H,3,12,14-15,17H2,1-2H3,(H,29,34). The molecule has 9 heteroatoms. The summed E-state index contributed by atoms with van der Waals surface area (Å²) >= 11 is 0. The number of amides is 3. The number of para-hydroxylation sites is 1. The van der Waals surface area contributed by atoms with Crippen LogP contribution >= 0.6 is 0 Å². The number of hydrogen-bond donors (Lipinski definition) is 1. The van der Waals surface area contributed by atoms with Crippen molar-refractivity contribution in [2.24, 2.45) is 0 Å². The predicted molar refractivity (Wildman–Crippen MR) is 128 cm³/mol. The van der Waals surface area contributed by atoms with E-state index in [0.29, 0.717) is 37.9 Å². The number of nitrogens with one attached hydrogen (secondary N) is 1. The highest BCUT2D eigenvalue weighted by Gasteiger charge is 2.35. The summed E-state index contributed by atoms with van der Waals surface area (Å²) in [7, 11) is 1.59. The first kappa shape index (κ1) is 24.3. The molecule has 4 rings (SSSR count). The maximum absolute atomic E-state index is 14.1. The van der Waals surface area contributed by atoms with Gasteiger partial charge in [-0.2, -0.15) is 0 Å². The van der Waals surface area contributed by atoms with E-state index in [0.717, 1.165) is 23.4 Å². The maximum Gasteiger partial charge on any atom is 0.322 e. The van der Waals surface area contributed by atoms with Gasteiger partial charge in [-0.1, -0.05) is 25.1 Å². The van der Waals surface area contributed by atoms with Crippen molar-refractivity contribution in [1.29, 1.82) is 0 Å². The van der Waals surface area contributed by atoms with E-state index in [2.05, 4.69) is 9.88 Å². The minimum Gasteiger partial charge on any atom is -0.496 e. The van der Waals surface area contributed by atoms with E-state index < -0.39 is 17.7 Å². The van der Waals surface area contributed by atoms with Gasteiger partial charge in [0.25, 0.3) is 0 Å². The highest BCUT2D eigenvalue weighted by Crippen LogP contribution is 2.37. The Kier molecular flexibility index (Phi) is 7.33. The smallest absolute Gasteiger partial charge is 0.322 e. The van der Waals surface area contributed by atoms with Crippen molar-refractivity contribution >= 4 is 17.6 Å². The summed E-state index contributed by atoms with van der Waals surface area (Å²) in [6.45, 7) is 3.07. The number of hydrogen-bond acceptors (Lipinski definition) is 3. The zero-order valence-electron chi connectivity index (χ0n) is 19.7. The zero-order chi connectivity index (χ0) is 24.9. The van der Waals surface area contributed by atoms with Gasteiger partial charge in [-0.05, 0) is 36.8 Å². The van der Waals surface area contributed by atoms with Crippen molar-refractivity contribution in [2.45, 2.75) is 25.9 Å². The Labute approximate surface area is 202 Å². The van der Waals surface area contributed by atoms with Crippen molar-refractivity contribution in [2.75, 3.05) is 32.1 Å². The molecule has 1 aromatic heterocycles. The normalized spacial score (nSPS) is 14.9. The first-order valence-corrected chi connectivity index (χ1v) is 11.5. The number of carbonyl (C=O) groups is 2. The molecule has 1 unspecified atom stereocenters. The van der Waals surface area contributed by atoms with Crippen LogP contribution in [0.15, 0.2) is 60.8 Å². The zero-order valence-corrected chi connectivity index (χ0v) is 19.7. The number of benzene rings is 2. The van der Waals surface area contributed by atoms with E-state index in [1.54, 1.807) is 12.0 Å². The second-order valence-corrected chi connectivity index (χ2v) is 8.33. The Morgan fingerprint density at radius 1 is 1.11 bits per heavy atom. The summed E-state index contributed by atoms with van der Waals surface area (Å²) < 4.78 is 35.0. The van der Waals surface area contributed by atoms with Crippen molar-refractivity contribution in [1.82, 2.24) is 14.4 Å². The van der Waals surface area contributed by atoms with Gasteiger partial charge in [0.1, 0.15) is 30.0 Å². The summed E-state index contributed by atoms with van der Waals surface area (Å²) in [4.78, 5) is 29.6. The molecule has 1 atom stereocenters. The molecule has 3 aromatic rings. The molecule has 1 aliphatic heterocycles. The Bertz CT molecular complexity index is 1210. The molecule has 184 valence electrons. The van der Waals surface area contributed by atoms with E-state index in [1.165, 1.54) is 4.90 Å². The van der Waals surface area contributed by atoms with Crippen LogP contribution in [0.3, 0.4) is 0 Å². The van der Waals surface area contributed by atoms with Gasteiger partial charge in [-0.3, -0.25) is 4.79 Å². The van der Waals surface area contributed by atoms with Crippen LogP contribution in [0.25, 0.3) is 0 Å². The number of ether oxygens (including phenoxy) is 1. The second-order valence-electron chi connectivity index (χ2n) is 8.33. The third-order valence-corrected chi connectivity index (χ3v) is 6.07. The topological polar surface area (TPSA) is 66.8 Å². The highest BCUT2D eigenvalue weighted by atomic mass is 19.1. The summed E-state index contributed by atoms with van der Waals surface area (Å²) in [5.41, 5.74) is 1.66. The van der Waals surface area contributed by atoms with Gasteiger partial charge in [0.15, 0.2) is 0 Å². The Morgan fingerprint density at radius 3 is 2.66 bits per heavy atom. The predicted octanol–water partition coefficient (Wildman–Crippen LogP) is 4.65. The fourth-order valence-electron chi connectivity index (χ4n) is 4.43. The van der Waals surface area contributed by atoms with Crippen LogP contribution in [0.2, 0.25) is 0 Å². The number of nitrogens with zero attached hydrogens (tertiary/aromatic N) is 3. The number of carbonyl (C=O) groups excluding carboxylic acids is 2. The number of anilines is 1. The molecule has 0 radical (unpaired) electrons. The molecule has 3 amide bonds. The van der Waals surface area contributed by atoms with Gasteiger partial charge in [0.2, 0.25) is 5.91 Å².